The topological polar surface area (TPSA) is 26.0 Å². The standard InChI is InChI=1S/C10H13NS/c1-7-2-4-8(5-3-7)10-9(11)6-12-10/h2-5,9-10H,6,11H2,1H3. The predicted molar refractivity (Wildman–Crippen MR) is 54.4 cm³/mol. The maximum absolute atomic E-state index is 5.87. The lowest BCUT2D eigenvalue weighted by Crippen LogP contribution is -2.37. The third kappa shape index (κ3) is 1.37. The molecular weight excluding hydrogens is 166 g/mol. The molecule has 0 radical (unpaired) electrons. The molecule has 0 spiro atoms. The fourth-order valence-corrected chi connectivity index (χ4v) is 2.36. The normalized spacial score (nSPS) is 28.2. The van der Waals surface area contributed by atoms with Gasteiger partial charge in [0.25, 0.3) is 0 Å². The molecule has 2 atom stereocenters. The molecule has 0 aromatic heterocycles. The molecule has 64 valence electrons. The van der Waals surface area contributed by atoms with E-state index >= 15 is 0 Å². The largest absolute Gasteiger partial charge is 0.326 e. The molecule has 1 saturated heterocycles. The van der Waals surface area contributed by atoms with E-state index in [1.807, 2.05) is 11.8 Å². The van der Waals surface area contributed by atoms with E-state index in [1.165, 1.54) is 11.1 Å². The maximum atomic E-state index is 5.87. The first kappa shape index (κ1) is 8.14. The molecular formula is C10H13NS. The van der Waals surface area contributed by atoms with E-state index in [4.69, 9.17) is 5.73 Å². The van der Waals surface area contributed by atoms with Gasteiger partial charge in [0.1, 0.15) is 0 Å². The van der Waals surface area contributed by atoms with E-state index in [1.54, 1.807) is 0 Å². The summed E-state index contributed by atoms with van der Waals surface area (Å²) < 4.78 is 0. The van der Waals surface area contributed by atoms with Gasteiger partial charge in [0.2, 0.25) is 0 Å². The van der Waals surface area contributed by atoms with Gasteiger partial charge in [-0.05, 0) is 12.5 Å². The molecule has 2 N–H and O–H groups in total. The predicted octanol–water partition coefficient (Wildman–Crippen LogP) is 2.11. The van der Waals surface area contributed by atoms with Crippen LogP contribution in [0.15, 0.2) is 24.3 Å². The highest BCUT2D eigenvalue weighted by Gasteiger charge is 2.29. The monoisotopic (exact) mass is 179 g/mol. The lowest BCUT2D eigenvalue weighted by molar-refractivity contribution is 0.687. The van der Waals surface area contributed by atoms with Gasteiger partial charge in [0.05, 0.1) is 0 Å². The minimum absolute atomic E-state index is 0.373. The molecule has 0 aliphatic carbocycles. The highest BCUT2D eigenvalue weighted by atomic mass is 32.2. The van der Waals surface area contributed by atoms with Gasteiger partial charge in [0, 0.05) is 17.0 Å². The van der Waals surface area contributed by atoms with Crippen LogP contribution in [0.5, 0.6) is 0 Å². The Balaban J connectivity index is 2.18. The number of nitrogens with two attached hydrogens (primary N) is 1. The van der Waals surface area contributed by atoms with E-state index in [-0.39, 0.29) is 0 Å². The second-order valence-corrected chi connectivity index (χ2v) is 4.50. The molecule has 1 heterocycles. The van der Waals surface area contributed by atoms with Crippen LogP contribution in [0.2, 0.25) is 0 Å². The fraction of sp³-hybridized carbons (Fsp3) is 0.400. The molecule has 0 amide bonds. The van der Waals surface area contributed by atoms with Crippen LogP contribution in [0.3, 0.4) is 0 Å². The molecule has 1 nitrogen and oxygen atoms in total. The highest BCUT2D eigenvalue weighted by molar-refractivity contribution is 8.01. The van der Waals surface area contributed by atoms with Crippen molar-refractivity contribution in [1.82, 2.24) is 0 Å². The number of thioether (sulfide) groups is 1. The lowest BCUT2D eigenvalue weighted by atomic mass is 10.0. The van der Waals surface area contributed by atoms with Crippen LogP contribution >= 0.6 is 11.8 Å². The van der Waals surface area contributed by atoms with Crippen LogP contribution in [0.1, 0.15) is 16.4 Å². The van der Waals surface area contributed by atoms with Gasteiger partial charge in [-0.25, -0.2) is 0 Å². The van der Waals surface area contributed by atoms with E-state index in [0.717, 1.165) is 5.75 Å². The van der Waals surface area contributed by atoms with E-state index < -0.39 is 0 Å². The summed E-state index contributed by atoms with van der Waals surface area (Å²) in [4.78, 5) is 0. The summed E-state index contributed by atoms with van der Waals surface area (Å²) in [6.45, 7) is 2.11. The van der Waals surface area contributed by atoms with Gasteiger partial charge < -0.3 is 5.73 Å². The number of rotatable bonds is 1. The summed E-state index contributed by atoms with van der Waals surface area (Å²) in [7, 11) is 0. The molecule has 2 heteroatoms. The van der Waals surface area contributed by atoms with Crippen molar-refractivity contribution in [1.29, 1.82) is 0 Å². The molecule has 0 saturated carbocycles. The van der Waals surface area contributed by atoms with Crippen molar-refractivity contribution in [2.45, 2.75) is 18.2 Å². The van der Waals surface area contributed by atoms with Crippen LogP contribution in [0.4, 0.5) is 0 Å². The summed E-state index contributed by atoms with van der Waals surface area (Å²) in [6, 6.07) is 9.05. The Morgan fingerprint density at radius 3 is 2.42 bits per heavy atom. The van der Waals surface area contributed by atoms with Crippen molar-refractivity contribution in [2.75, 3.05) is 5.75 Å². The summed E-state index contributed by atoms with van der Waals surface area (Å²) in [5, 5.41) is 0.547. The van der Waals surface area contributed by atoms with Gasteiger partial charge in [-0.15, -0.1) is 0 Å². The van der Waals surface area contributed by atoms with Crippen molar-refractivity contribution in [3.63, 3.8) is 0 Å². The third-order valence-corrected chi connectivity index (χ3v) is 3.82. The Morgan fingerprint density at radius 2 is 2.00 bits per heavy atom. The fourth-order valence-electron chi connectivity index (χ4n) is 1.40. The second kappa shape index (κ2) is 3.11. The van der Waals surface area contributed by atoms with Crippen LogP contribution < -0.4 is 5.73 Å². The van der Waals surface area contributed by atoms with Crippen molar-refractivity contribution < 1.29 is 0 Å². The first-order chi connectivity index (χ1) is 5.77. The second-order valence-electron chi connectivity index (χ2n) is 3.33. The lowest BCUT2D eigenvalue weighted by Gasteiger charge is -2.33. The molecule has 12 heavy (non-hydrogen) atoms. The zero-order valence-corrected chi connectivity index (χ0v) is 7.97. The number of hydrogen-bond acceptors (Lipinski definition) is 2. The smallest absolute Gasteiger partial charge is 0.0457 e. The Labute approximate surface area is 77.3 Å². The summed E-state index contributed by atoms with van der Waals surface area (Å²) in [5.41, 5.74) is 8.57. The maximum Gasteiger partial charge on any atom is 0.0457 e. The molecule has 0 bridgehead atoms. The van der Waals surface area contributed by atoms with Crippen LogP contribution in [0.25, 0.3) is 0 Å². The summed E-state index contributed by atoms with van der Waals surface area (Å²) >= 11 is 1.95. The van der Waals surface area contributed by atoms with Crippen LogP contribution in [-0.4, -0.2) is 11.8 Å². The van der Waals surface area contributed by atoms with Crippen LogP contribution in [0, 0.1) is 6.92 Å². The van der Waals surface area contributed by atoms with E-state index in [9.17, 15) is 0 Å². The van der Waals surface area contributed by atoms with Gasteiger partial charge >= 0.3 is 0 Å². The summed E-state index contributed by atoms with van der Waals surface area (Å²) in [6.07, 6.45) is 0. The Hall–Kier alpha value is -0.470. The first-order valence-electron chi connectivity index (χ1n) is 4.21. The number of benzene rings is 1. The molecule has 1 aromatic rings. The SMILES string of the molecule is Cc1ccc(C2SCC2N)cc1. The molecule has 2 rings (SSSR count). The van der Waals surface area contributed by atoms with E-state index in [0.29, 0.717) is 11.3 Å². The average Bonchev–Trinajstić information content (AvgIpc) is 2.06. The minimum atomic E-state index is 0.373. The number of hydrogen-bond donors (Lipinski definition) is 1. The van der Waals surface area contributed by atoms with Crippen LogP contribution in [-0.2, 0) is 0 Å². The van der Waals surface area contributed by atoms with Gasteiger partial charge in [-0.2, -0.15) is 11.8 Å². The van der Waals surface area contributed by atoms with Gasteiger partial charge in [0.15, 0.2) is 0 Å². The third-order valence-electron chi connectivity index (χ3n) is 2.26. The van der Waals surface area contributed by atoms with Gasteiger partial charge in [-0.1, -0.05) is 29.8 Å². The highest BCUT2D eigenvalue weighted by Crippen LogP contribution is 2.41. The van der Waals surface area contributed by atoms with Crippen molar-refractivity contribution in [3.8, 4) is 0 Å². The zero-order chi connectivity index (χ0) is 8.55. The minimum Gasteiger partial charge on any atom is -0.326 e. The average molecular weight is 179 g/mol. The molecule has 2 unspecified atom stereocenters. The van der Waals surface area contributed by atoms with E-state index in [2.05, 4.69) is 31.2 Å². The van der Waals surface area contributed by atoms with Crippen molar-refractivity contribution >= 4 is 11.8 Å². The Bertz CT molecular complexity index is 268. The Morgan fingerprint density at radius 1 is 1.33 bits per heavy atom. The molecule has 1 aliphatic rings. The molecule has 1 aromatic carbocycles. The zero-order valence-electron chi connectivity index (χ0n) is 7.16. The number of aryl methyl sites for hydroxylation is 1. The first-order valence-corrected chi connectivity index (χ1v) is 5.26. The van der Waals surface area contributed by atoms with Gasteiger partial charge in [-0.3, -0.25) is 0 Å². The quantitative estimate of drug-likeness (QED) is 0.714. The Kier molecular flexibility index (Phi) is 2.11. The molecule has 1 aliphatic heterocycles. The van der Waals surface area contributed by atoms with Crippen molar-refractivity contribution in [3.05, 3.63) is 35.4 Å². The summed E-state index contributed by atoms with van der Waals surface area (Å²) in [5.74, 6) is 1.11. The van der Waals surface area contributed by atoms with Crippen molar-refractivity contribution in [2.24, 2.45) is 5.73 Å². The molecule has 1 fully saturated rings.